The van der Waals surface area contributed by atoms with E-state index in [1.54, 1.807) is 36.4 Å². The number of carbonyl (C=O) groups is 2. The first-order valence-corrected chi connectivity index (χ1v) is 6.77. The minimum atomic E-state index is -0.208. The van der Waals surface area contributed by atoms with Gasteiger partial charge in [0.05, 0.1) is 0 Å². The number of pyridine rings is 2. The van der Waals surface area contributed by atoms with Gasteiger partial charge in [0.2, 0.25) is 0 Å². The van der Waals surface area contributed by atoms with E-state index in [-0.39, 0.29) is 35.7 Å². The Hall–Kier alpha value is -1.82. The summed E-state index contributed by atoms with van der Waals surface area (Å²) < 4.78 is 0.590. The molecule has 2 heterocycles. The minimum absolute atomic E-state index is 0.0868. The molecule has 0 fully saturated rings. The van der Waals surface area contributed by atoms with Crippen LogP contribution < -0.4 is 5.59 Å². The smallest absolute Gasteiger partial charge is 0.181 e. The Balaban J connectivity index is 1.98. The van der Waals surface area contributed by atoms with E-state index in [0.717, 1.165) is 0 Å². The number of halogens is 1. The first kappa shape index (κ1) is 14.6. The second-order valence-corrected chi connectivity index (χ2v) is 4.95. The van der Waals surface area contributed by atoms with Crippen LogP contribution in [0.25, 0.3) is 0 Å². The molecule has 98 valence electrons. The van der Waals surface area contributed by atoms with Gasteiger partial charge in [0, 0.05) is 12.8 Å². The molecule has 0 atom stereocenters. The maximum absolute atomic E-state index is 11.9. The molecule has 0 aromatic carbocycles. The molecule has 2 rings (SSSR count). The fourth-order valence-corrected chi connectivity index (χ4v) is 2.00. The van der Waals surface area contributed by atoms with Crippen LogP contribution in [-0.2, 0) is 0 Å². The number of nitrogens with zero attached hydrogens (tertiary/aromatic N) is 2. The predicted molar refractivity (Wildman–Crippen MR) is 79.5 cm³/mol. The second-order valence-electron chi connectivity index (χ2n) is 4.14. The number of Topliss-reactive ketones (excluding diaryl/α,β-unsaturated/α-hetero) is 2. The van der Waals surface area contributed by atoms with Crippen molar-refractivity contribution < 1.29 is 9.59 Å². The fraction of sp³-hybridized carbons (Fsp3) is 0.143. The number of carbonyl (C=O) groups excluding carboxylic acids is 2. The van der Waals surface area contributed by atoms with Gasteiger partial charge in [-0.05, 0) is 39.7 Å². The van der Waals surface area contributed by atoms with Crippen LogP contribution in [-0.4, -0.2) is 29.4 Å². The van der Waals surface area contributed by atoms with Gasteiger partial charge >= 0.3 is 0 Å². The number of aromatic nitrogens is 2. The van der Waals surface area contributed by atoms with E-state index in [0.29, 0.717) is 10.3 Å². The van der Waals surface area contributed by atoms with Gasteiger partial charge in [-0.1, -0.05) is 18.2 Å². The molecular formula is C14H10BBrN2O2. The average Bonchev–Trinajstić information content (AvgIpc) is 2.44. The lowest BCUT2D eigenvalue weighted by Gasteiger charge is -2.02. The first-order chi connectivity index (χ1) is 9.56. The van der Waals surface area contributed by atoms with E-state index in [1.165, 1.54) is 0 Å². The molecule has 0 unspecified atom stereocenters. The summed E-state index contributed by atoms with van der Waals surface area (Å²) in [6.07, 6.45) is 0.183. The van der Waals surface area contributed by atoms with Crippen molar-refractivity contribution in [3.05, 3.63) is 52.4 Å². The van der Waals surface area contributed by atoms with E-state index in [1.807, 2.05) is 0 Å². The zero-order chi connectivity index (χ0) is 14.5. The molecule has 20 heavy (non-hydrogen) atoms. The fourth-order valence-electron chi connectivity index (χ4n) is 1.65. The summed E-state index contributed by atoms with van der Waals surface area (Å²) in [5.74, 6) is -0.385. The monoisotopic (exact) mass is 328 g/mol. The van der Waals surface area contributed by atoms with E-state index >= 15 is 0 Å². The summed E-state index contributed by atoms with van der Waals surface area (Å²) in [5.41, 5.74) is 0.906. The molecule has 6 heteroatoms. The highest BCUT2D eigenvalue weighted by molar-refractivity contribution is 9.10. The van der Waals surface area contributed by atoms with Gasteiger partial charge in [-0.15, -0.1) is 0 Å². The Morgan fingerprint density at radius 3 is 2.05 bits per heavy atom. The zero-order valence-electron chi connectivity index (χ0n) is 10.5. The Bertz CT molecular complexity index is 604. The molecule has 2 aromatic heterocycles. The minimum Gasteiger partial charge on any atom is -0.292 e. The lowest BCUT2D eigenvalue weighted by molar-refractivity contribution is 0.0912. The zero-order valence-corrected chi connectivity index (χ0v) is 12.1. The third-order valence-electron chi connectivity index (χ3n) is 2.64. The molecule has 0 aliphatic rings. The molecule has 0 saturated carbocycles. The van der Waals surface area contributed by atoms with Gasteiger partial charge in [0.15, 0.2) is 11.6 Å². The Morgan fingerprint density at radius 2 is 1.50 bits per heavy atom. The third kappa shape index (κ3) is 3.84. The van der Waals surface area contributed by atoms with Crippen molar-refractivity contribution in [2.24, 2.45) is 0 Å². The Labute approximate surface area is 126 Å². The van der Waals surface area contributed by atoms with Crippen molar-refractivity contribution in [1.29, 1.82) is 0 Å². The van der Waals surface area contributed by atoms with Crippen LogP contribution in [0.15, 0.2) is 41.0 Å². The number of hydrogen-bond acceptors (Lipinski definition) is 4. The third-order valence-corrected chi connectivity index (χ3v) is 3.08. The highest BCUT2D eigenvalue weighted by Crippen LogP contribution is 2.10. The van der Waals surface area contributed by atoms with Gasteiger partial charge in [0.1, 0.15) is 23.8 Å². The topological polar surface area (TPSA) is 59.9 Å². The molecule has 2 radical (unpaired) electrons. The first-order valence-electron chi connectivity index (χ1n) is 5.98. The van der Waals surface area contributed by atoms with Gasteiger partial charge in [-0.3, -0.25) is 14.6 Å². The van der Waals surface area contributed by atoms with Crippen molar-refractivity contribution in [3.63, 3.8) is 0 Å². The molecule has 4 nitrogen and oxygen atoms in total. The molecule has 0 bridgehead atoms. The van der Waals surface area contributed by atoms with E-state index in [4.69, 9.17) is 7.85 Å². The summed E-state index contributed by atoms with van der Waals surface area (Å²) in [4.78, 5) is 31.8. The van der Waals surface area contributed by atoms with E-state index in [9.17, 15) is 9.59 Å². The van der Waals surface area contributed by atoms with Crippen LogP contribution in [0.3, 0.4) is 0 Å². The van der Waals surface area contributed by atoms with E-state index in [2.05, 4.69) is 25.9 Å². The van der Waals surface area contributed by atoms with Crippen LogP contribution in [0.5, 0.6) is 0 Å². The molecule has 0 aliphatic heterocycles. The SMILES string of the molecule is [B]c1cccc(C(=O)CCC(=O)c2cccc(Br)n2)n1. The highest BCUT2D eigenvalue weighted by atomic mass is 79.9. The quantitative estimate of drug-likeness (QED) is 0.477. The van der Waals surface area contributed by atoms with Gasteiger partial charge in [-0.25, -0.2) is 4.98 Å². The van der Waals surface area contributed by atoms with Crippen LogP contribution in [0, 0.1) is 0 Å². The Morgan fingerprint density at radius 1 is 0.950 bits per heavy atom. The summed E-state index contributed by atoms with van der Waals surface area (Å²) in [5, 5.41) is 0. The molecule has 0 saturated heterocycles. The second kappa shape index (κ2) is 6.57. The van der Waals surface area contributed by atoms with Crippen molar-refractivity contribution in [3.8, 4) is 0 Å². The normalized spacial score (nSPS) is 10.2. The standard InChI is InChI=1S/C14H10BBrN2O2/c15-13-5-1-3-9(17-13)11(19)7-8-12(20)10-4-2-6-14(16)18-10/h1-6H,7-8H2. The van der Waals surface area contributed by atoms with Crippen molar-refractivity contribution in [1.82, 2.24) is 9.97 Å². The van der Waals surface area contributed by atoms with Crippen molar-refractivity contribution in [2.45, 2.75) is 12.8 Å². The maximum atomic E-state index is 11.9. The number of rotatable bonds is 5. The summed E-state index contributed by atoms with van der Waals surface area (Å²) in [7, 11) is 5.51. The van der Waals surface area contributed by atoms with Gasteiger partial charge < -0.3 is 0 Å². The average molecular weight is 329 g/mol. The van der Waals surface area contributed by atoms with Crippen LogP contribution >= 0.6 is 15.9 Å². The maximum Gasteiger partial charge on any atom is 0.181 e. The van der Waals surface area contributed by atoms with Crippen molar-refractivity contribution in [2.75, 3.05) is 0 Å². The molecular weight excluding hydrogens is 319 g/mol. The van der Waals surface area contributed by atoms with Crippen LogP contribution in [0.4, 0.5) is 0 Å². The lowest BCUT2D eigenvalue weighted by atomic mass is 10.0. The summed E-state index contributed by atoms with van der Waals surface area (Å²) >= 11 is 3.20. The molecule has 2 aromatic rings. The van der Waals surface area contributed by atoms with E-state index < -0.39 is 0 Å². The molecule has 0 amide bonds. The number of hydrogen-bond donors (Lipinski definition) is 0. The summed E-state index contributed by atoms with van der Waals surface area (Å²) in [6.45, 7) is 0. The molecule has 0 aliphatic carbocycles. The highest BCUT2D eigenvalue weighted by Gasteiger charge is 2.13. The summed E-state index contributed by atoms with van der Waals surface area (Å²) in [6, 6.07) is 9.93. The Kier molecular flexibility index (Phi) is 4.79. The predicted octanol–water partition coefficient (Wildman–Crippen LogP) is 1.88. The van der Waals surface area contributed by atoms with Crippen LogP contribution in [0.2, 0.25) is 0 Å². The largest absolute Gasteiger partial charge is 0.292 e. The van der Waals surface area contributed by atoms with Gasteiger partial charge in [0.25, 0.3) is 0 Å². The van der Waals surface area contributed by atoms with Crippen LogP contribution in [0.1, 0.15) is 33.8 Å². The van der Waals surface area contributed by atoms with Gasteiger partial charge in [-0.2, -0.15) is 0 Å². The molecule has 0 spiro atoms. The lowest BCUT2D eigenvalue weighted by Crippen LogP contribution is -2.14. The number of ketones is 2. The molecule has 0 N–H and O–H groups in total. The van der Waals surface area contributed by atoms with Crippen molar-refractivity contribution >= 4 is 40.9 Å².